The van der Waals surface area contributed by atoms with Gasteiger partial charge in [0, 0.05) is 11.6 Å². The largest absolute Gasteiger partial charge is 0.506 e. The van der Waals surface area contributed by atoms with Crippen molar-refractivity contribution in [2.24, 2.45) is 11.7 Å². The average molecular weight is 337 g/mol. The molecule has 0 unspecified atom stereocenters. The third kappa shape index (κ3) is 2.63. The van der Waals surface area contributed by atoms with E-state index in [1.165, 1.54) is 12.1 Å². The lowest BCUT2D eigenvalue weighted by molar-refractivity contribution is 0.0693. The summed E-state index contributed by atoms with van der Waals surface area (Å²) in [5, 5.41) is 19.1. The van der Waals surface area contributed by atoms with Crippen molar-refractivity contribution in [2.75, 3.05) is 0 Å². The Morgan fingerprint density at radius 3 is 2.50 bits per heavy atom. The molecule has 1 aliphatic carbocycles. The van der Waals surface area contributed by atoms with E-state index in [-0.39, 0.29) is 29.6 Å². The molecule has 1 atom stereocenters. The molecule has 1 aliphatic rings. The van der Waals surface area contributed by atoms with Gasteiger partial charge in [-0.25, -0.2) is 4.79 Å². The van der Waals surface area contributed by atoms with Crippen LogP contribution in [0.3, 0.4) is 0 Å². The molecule has 0 spiro atoms. The standard InChI is InChI=1S/C12H14BrNO3.ClH/c13-8-5-4-7(12(16)17)9(11(8)15)10(14)6-2-1-3-6;/h4-6,10,15H,1-3,14H2,(H,16,17);1H/t10-;/m1./s1. The molecule has 2 rings (SSSR count). The summed E-state index contributed by atoms with van der Waals surface area (Å²) < 4.78 is 0.479. The summed E-state index contributed by atoms with van der Waals surface area (Å²) in [6.45, 7) is 0. The summed E-state index contributed by atoms with van der Waals surface area (Å²) in [6.07, 6.45) is 3.11. The van der Waals surface area contributed by atoms with E-state index in [0.29, 0.717) is 10.0 Å². The molecule has 0 aliphatic heterocycles. The Morgan fingerprint density at radius 2 is 2.06 bits per heavy atom. The lowest BCUT2D eigenvalue weighted by Crippen LogP contribution is -2.28. The quantitative estimate of drug-likeness (QED) is 0.792. The first-order valence-electron chi connectivity index (χ1n) is 5.52. The molecule has 18 heavy (non-hydrogen) atoms. The fourth-order valence-electron chi connectivity index (χ4n) is 2.14. The molecule has 0 radical (unpaired) electrons. The van der Waals surface area contributed by atoms with Gasteiger partial charge in [-0.15, -0.1) is 12.4 Å². The predicted octanol–water partition coefficient (Wildman–Crippen LogP) is 3.07. The highest BCUT2D eigenvalue weighted by Crippen LogP contribution is 2.42. The minimum Gasteiger partial charge on any atom is -0.506 e. The summed E-state index contributed by atoms with van der Waals surface area (Å²) in [5.41, 5.74) is 6.50. The molecule has 1 saturated carbocycles. The molecule has 4 N–H and O–H groups in total. The molecule has 0 saturated heterocycles. The summed E-state index contributed by atoms with van der Waals surface area (Å²) in [7, 11) is 0. The van der Waals surface area contributed by atoms with Crippen molar-refractivity contribution in [3.63, 3.8) is 0 Å². The smallest absolute Gasteiger partial charge is 0.336 e. The third-order valence-electron chi connectivity index (χ3n) is 3.39. The van der Waals surface area contributed by atoms with Crippen LogP contribution in [0.4, 0.5) is 0 Å². The molecule has 0 aromatic heterocycles. The first kappa shape index (κ1) is 15.3. The van der Waals surface area contributed by atoms with Gasteiger partial charge in [-0.05, 0) is 46.8 Å². The number of phenols is 1. The van der Waals surface area contributed by atoms with Crippen LogP contribution in [0, 0.1) is 5.92 Å². The van der Waals surface area contributed by atoms with Gasteiger partial charge >= 0.3 is 5.97 Å². The highest BCUT2D eigenvalue weighted by molar-refractivity contribution is 9.10. The zero-order chi connectivity index (χ0) is 12.6. The molecule has 4 nitrogen and oxygen atoms in total. The Bertz CT molecular complexity index is 463. The molecular formula is C12H15BrClNO3. The van der Waals surface area contributed by atoms with Gasteiger partial charge in [0.2, 0.25) is 0 Å². The monoisotopic (exact) mass is 335 g/mol. The number of rotatable bonds is 3. The summed E-state index contributed by atoms with van der Waals surface area (Å²) >= 11 is 3.19. The van der Waals surface area contributed by atoms with Gasteiger partial charge in [-0.1, -0.05) is 6.42 Å². The normalized spacial score (nSPS) is 16.6. The molecule has 1 fully saturated rings. The van der Waals surface area contributed by atoms with Crippen LogP contribution in [0.1, 0.15) is 41.2 Å². The zero-order valence-corrected chi connectivity index (χ0v) is 12.0. The van der Waals surface area contributed by atoms with Crippen LogP contribution in [0.2, 0.25) is 0 Å². The van der Waals surface area contributed by atoms with E-state index in [9.17, 15) is 9.90 Å². The van der Waals surface area contributed by atoms with E-state index in [1.807, 2.05) is 0 Å². The van der Waals surface area contributed by atoms with Crippen molar-refractivity contribution >= 4 is 34.3 Å². The number of carboxylic acids is 1. The Balaban J connectivity index is 0.00000162. The van der Waals surface area contributed by atoms with Crippen LogP contribution in [-0.2, 0) is 0 Å². The zero-order valence-electron chi connectivity index (χ0n) is 9.60. The van der Waals surface area contributed by atoms with Crippen LogP contribution in [0.5, 0.6) is 5.75 Å². The molecule has 6 heteroatoms. The predicted molar refractivity (Wildman–Crippen MR) is 74.3 cm³/mol. The highest BCUT2D eigenvalue weighted by atomic mass is 79.9. The number of hydrogen-bond donors (Lipinski definition) is 3. The SMILES string of the molecule is Cl.N[C@@H](c1c(C(=O)O)ccc(Br)c1O)C1CCC1. The van der Waals surface area contributed by atoms with E-state index in [2.05, 4.69) is 15.9 Å². The molecule has 1 aromatic carbocycles. The van der Waals surface area contributed by atoms with E-state index in [4.69, 9.17) is 10.8 Å². The second kappa shape index (κ2) is 5.91. The Kier molecular flexibility index (Phi) is 5.01. The Morgan fingerprint density at radius 1 is 1.44 bits per heavy atom. The van der Waals surface area contributed by atoms with Gasteiger partial charge in [0.15, 0.2) is 0 Å². The van der Waals surface area contributed by atoms with Gasteiger partial charge in [0.05, 0.1) is 10.0 Å². The van der Waals surface area contributed by atoms with Gasteiger partial charge < -0.3 is 15.9 Å². The van der Waals surface area contributed by atoms with Crippen LogP contribution >= 0.6 is 28.3 Å². The molecule has 1 aromatic rings. The number of aromatic carboxylic acids is 1. The van der Waals surface area contributed by atoms with Crippen LogP contribution in [0.15, 0.2) is 16.6 Å². The topological polar surface area (TPSA) is 83.6 Å². The number of nitrogens with two attached hydrogens (primary N) is 1. The van der Waals surface area contributed by atoms with Gasteiger partial charge in [-0.2, -0.15) is 0 Å². The maximum atomic E-state index is 11.1. The Hall–Kier alpha value is -0.780. The van der Waals surface area contributed by atoms with Crippen molar-refractivity contribution < 1.29 is 15.0 Å². The number of hydrogen-bond acceptors (Lipinski definition) is 3. The van der Waals surface area contributed by atoms with E-state index in [1.54, 1.807) is 0 Å². The Labute approximate surface area is 120 Å². The maximum Gasteiger partial charge on any atom is 0.336 e. The second-order valence-electron chi connectivity index (χ2n) is 4.38. The van der Waals surface area contributed by atoms with Crippen molar-refractivity contribution in [3.8, 4) is 5.75 Å². The van der Waals surface area contributed by atoms with E-state index in [0.717, 1.165) is 19.3 Å². The number of halogens is 2. The van der Waals surface area contributed by atoms with Crippen molar-refractivity contribution in [1.82, 2.24) is 0 Å². The van der Waals surface area contributed by atoms with E-state index >= 15 is 0 Å². The lowest BCUT2D eigenvalue weighted by atomic mass is 9.76. The number of aromatic hydroxyl groups is 1. The number of benzene rings is 1. The molecule has 100 valence electrons. The fraction of sp³-hybridized carbons (Fsp3) is 0.417. The van der Waals surface area contributed by atoms with Crippen LogP contribution < -0.4 is 5.73 Å². The molecule has 0 amide bonds. The summed E-state index contributed by atoms with van der Waals surface area (Å²) in [5.74, 6) is -0.838. The number of carboxylic acid groups (broad SMARTS) is 1. The van der Waals surface area contributed by atoms with Gasteiger partial charge in [-0.3, -0.25) is 0 Å². The van der Waals surface area contributed by atoms with Crippen LogP contribution in [0.25, 0.3) is 0 Å². The minimum absolute atomic E-state index is 0. The van der Waals surface area contributed by atoms with Gasteiger partial charge in [0.25, 0.3) is 0 Å². The third-order valence-corrected chi connectivity index (χ3v) is 4.03. The maximum absolute atomic E-state index is 11.1. The first-order chi connectivity index (χ1) is 8.02. The number of phenolic OH excluding ortho intramolecular Hbond substituents is 1. The number of carbonyl (C=O) groups is 1. The van der Waals surface area contributed by atoms with E-state index < -0.39 is 12.0 Å². The summed E-state index contributed by atoms with van der Waals surface area (Å²) in [6, 6.07) is 2.59. The first-order valence-corrected chi connectivity index (χ1v) is 6.32. The van der Waals surface area contributed by atoms with Crippen LogP contribution in [-0.4, -0.2) is 16.2 Å². The van der Waals surface area contributed by atoms with Crippen molar-refractivity contribution in [1.29, 1.82) is 0 Å². The minimum atomic E-state index is -1.06. The highest BCUT2D eigenvalue weighted by Gasteiger charge is 2.31. The second-order valence-corrected chi connectivity index (χ2v) is 5.23. The van der Waals surface area contributed by atoms with Gasteiger partial charge in [0.1, 0.15) is 5.75 Å². The van der Waals surface area contributed by atoms with Crippen molar-refractivity contribution in [3.05, 3.63) is 27.7 Å². The molecule has 0 bridgehead atoms. The fourth-order valence-corrected chi connectivity index (χ4v) is 2.49. The van der Waals surface area contributed by atoms with Crippen molar-refractivity contribution in [2.45, 2.75) is 25.3 Å². The lowest BCUT2D eigenvalue weighted by Gasteiger charge is -2.32. The molecule has 0 heterocycles. The average Bonchev–Trinajstić information content (AvgIpc) is 2.18. The summed E-state index contributed by atoms with van der Waals surface area (Å²) in [4.78, 5) is 11.1. The molecular weight excluding hydrogens is 321 g/mol.